The molecular weight excluding hydrogens is 360 g/mol. The van der Waals surface area contributed by atoms with Gasteiger partial charge >= 0.3 is 0 Å². The van der Waals surface area contributed by atoms with E-state index in [-0.39, 0.29) is 0 Å². The molecule has 2 aliphatic rings. The second kappa shape index (κ2) is 9.62. The van der Waals surface area contributed by atoms with Gasteiger partial charge in [0.1, 0.15) is 0 Å². The Kier molecular flexibility index (Phi) is 7.21. The van der Waals surface area contributed by atoms with Crippen LogP contribution in [0, 0.1) is 0 Å². The lowest BCUT2D eigenvalue weighted by atomic mass is 10.2. The number of nitrogens with zero attached hydrogens (tertiary/aromatic N) is 4. The molecule has 1 aromatic carbocycles. The van der Waals surface area contributed by atoms with Crippen LogP contribution in [0.1, 0.15) is 13.3 Å². The van der Waals surface area contributed by atoms with E-state index < -0.39 is 0 Å². The van der Waals surface area contributed by atoms with Crippen molar-refractivity contribution < 1.29 is 0 Å². The summed E-state index contributed by atoms with van der Waals surface area (Å²) in [4.78, 5) is 11.7. The molecule has 1 aromatic rings. The van der Waals surface area contributed by atoms with Crippen molar-refractivity contribution in [1.82, 2.24) is 20.4 Å². The van der Waals surface area contributed by atoms with E-state index in [4.69, 9.17) is 11.6 Å². The first kappa shape index (κ1) is 20.2. The maximum absolute atomic E-state index is 6.13. The molecule has 150 valence electrons. The third-order valence-electron chi connectivity index (χ3n) is 5.65. The van der Waals surface area contributed by atoms with Crippen LogP contribution in [0.3, 0.4) is 0 Å². The number of likely N-dealkylation sites (N-methyl/N-ethyl adjacent to an activating group) is 1. The van der Waals surface area contributed by atoms with Crippen molar-refractivity contribution in [2.24, 2.45) is 4.99 Å². The summed E-state index contributed by atoms with van der Waals surface area (Å²) < 4.78 is 0. The second-order valence-electron chi connectivity index (χ2n) is 7.70. The highest BCUT2D eigenvalue weighted by molar-refractivity contribution is 6.30. The van der Waals surface area contributed by atoms with Gasteiger partial charge in [0.05, 0.1) is 0 Å². The number of rotatable bonds is 5. The minimum Gasteiger partial charge on any atom is -0.369 e. The minimum absolute atomic E-state index is 0.397. The molecule has 0 aromatic heterocycles. The molecule has 2 fully saturated rings. The quantitative estimate of drug-likeness (QED) is 0.590. The lowest BCUT2D eigenvalue weighted by Crippen LogP contribution is -2.53. The van der Waals surface area contributed by atoms with Gasteiger partial charge in [-0.25, -0.2) is 0 Å². The molecule has 2 unspecified atom stereocenters. The highest BCUT2D eigenvalue weighted by Crippen LogP contribution is 2.23. The number of piperazine rings is 1. The monoisotopic (exact) mass is 392 g/mol. The summed E-state index contributed by atoms with van der Waals surface area (Å²) in [6.07, 6.45) is 1.10. The van der Waals surface area contributed by atoms with Crippen molar-refractivity contribution in [3.05, 3.63) is 29.3 Å². The van der Waals surface area contributed by atoms with Crippen LogP contribution in [0.15, 0.2) is 29.3 Å². The molecule has 7 heteroatoms. The molecule has 27 heavy (non-hydrogen) atoms. The second-order valence-corrected chi connectivity index (χ2v) is 8.13. The fraction of sp³-hybridized carbons (Fsp3) is 0.650. The van der Waals surface area contributed by atoms with E-state index >= 15 is 0 Å². The largest absolute Gasteiger partial charge is 0.369 e. The molecule has 6 nitrogen and oxygen atoms in total. The van der Waals surface area contributed by atoms with E-state index in [1.165, 1.54) is 5.69 Å². The highest BCUT2D eigenvalue weighted by Gasteiger charge is 2.24. The van der Waals surface area contributed by atoms with Gasteiger partial charge in [-0.15, -0.1) is 0 Å². The van der Waals surface area contributed by atoms with E-state index in [0.29, 0.717) is 12.1 Å². The normalized spacial score (nSPS) is 23.5. The Morgan fingerprint density at radius 2 is 2.04 bits per heavy atom. The lowest BCUT2D eigenvalue weighted by Gasteiger charge is -2.36. The van der Waals surface area contributed by atoms with Crippen LogP contribution in [0.2, 0.25) is 5.02 Å². The van der Waals surface area contributed by atoms with E-state index in [0.717, 1.165) is 63.2 Å². The summed E-state index contributed by atoms with van der Waals surface area (Å²) >= 11 is 6.13. The zero-order valence-corrected chi connectivity index (χ0v) is 17.5. The van der Waals surface area contributed by atoms with Crippen LogP contribution in [-0.2, 0) is 0 Å². The molecule has 0 spiro atoms. The predicted octanol–water partition coefficient (Wildman–Crippen LogP) is 1.72. The molecule has 2 N–H and O–H groups in total. The van der Waals surface area contributed by atoms with Crippen molar-refractivity contribution in [3.8, 4) is 0 Å². The van der Waals surface area contributed by atoms with Gasteiger partial charge in [0.15, 0.2) is 5.96 Å². The number of benzene rings is 1. The Bertz CT molecular complexity index is 629. The zero-order chi connectivity index (χ0) is 19.2. The molecule has 0 saturated carbocycles. The average Bonchev–Trinajstić information content (AvgIpc) is 3.14. The van der Waals surface area contributed by atoms with Gasteiger partial charge < -0.3 is 20.4 Å². The summed E-state index contributed by atoms with van der Waals surface area (Å²) in [5.41, 5.74) is 1.19. The number of anilines is 1. The molecule has 3 rings (SSSR count). The van der Waals surface area contributed by atoms with Crippen molar-refractivity contribution in [2.75, 3.05) is 64.8 Å². The van der Waals surface area contributed by atoms with E-state index in [2.05, 4.69) is 50.4 Å². The van der Waals surface area contributed by atoms with Crippen LogP contribution in [0.5, 0.6) is 0 Å². The van der Waals surface area contributed by atoms with Crippen molar-refractivity contribution in [1.29, 1.82) is 0 Å². The van der Waals surface area contributed by atoms with Gasteiger partial charge in [0, 0.05) is 75.7 Å². The van der Waals surface area contributed by atoms with Crippen molar-refractivity contribution in [3.63, 3.8) is 0 Å². The van der Waals surface area contributed by atoms with Crippen LogP contribution < -0.4 is 15.5 Å². The third kappa shape index (κ3) is 5.74. The highest BCUT2D eigenvalue weighted by atomic mass is 35.5. The third-order valence-corrected chi connectivity index (χ3v) is 5.89. The average molecular weight is 393 g/mol. The van der Waals surface area contributed by atoms with Crippen molar-refractivity contribution >= 4 is 23.2 Å². The Morgan fingerprint density at radius 1 is 1.26 bits per heavy atom. The summed E-state index contributed by atoms with van der Waals surface area (Å²) in [6.45, 7) is 9.79. The number of hydrogen-bond acceptors (Lipinski definition) is 4. The molecular formula is C20H33ClN6. The van der Waals surface area contributed by atoms with E-state index in [1.54, 1.807) is 0 Å². The molecule has 0 aliphatic carbocycles. The van der Waals surface area contributed by atoms with Crippen molar-refractivity contribution in [2.45, 2.75) is 25.4 Å². The molecule has 2 aliphatic heterocycles. The molecule has 2 atom stereocenters. The van der Waals surface area contributed by atoms with Gasteiger partial charge in [-0.3, -0.25) is 9.89 Å². The first-order chi connectivity index (χ1) is 13.0. The molecule has 2 heterocycles. The minimum atomic E-state index is 0.397. The zero-order valence-electron chi connectivity index (χ0n) is 16.8. The van der Waals surface area contributed by atoms with Gasteiger partial charge in [-0.1, -0.05) is 17.7 Å². The fourth-order valence-corrected chi connectivity index (χ4v) is 3.99. The van der Waals surface area contributed by atoms with Gasteiger partial charge in [0.2, 0.25) is 0 Å². The summed E-state index contributed by atoms with van der Waals surface area (Å²) in [5.74, 6) is 0.897. The standard InChI is InChI=1S/C20H33ClN6/c1-16(26-11-9-25(3)10-12-26)14-23-20(22-2)24-18-7-8-27(15-18)19-6-4-5-17(21)13-19/h4-6,13,16,18H,7-12,14-15H2,1-3H3,(H2,22,23,24). The first-order valence-electron chi connectivity index (χ1n) is 9.95. The lowest BCUT2D eigenvalue weighted by molar-refractivity contribution is 0.120. The van der Waals surface area contributed by atoms with Gasteiger partial charge in [0.25, 0.3) is 0 Å². The van der Waals surface area contributed by atoms with Crippen LogP contribution in [0.25, 0.3) is 0 Å². The fourth-order valence-electron chi connectivity index (χ4n) is 3.81. The first-order valence-corrected chi connectivity index (χ1v) is 10.3. The maximum Gasteiger partial charge on any atom is 0.191 e. The summed E-state index contributed by atoms with van der Waals surface area (Å²) in [6, 6.07) is 8.99. The number of guanidine groups is 1. The SMILES string of the molecule is CN=C(NCC(C)N1CCN(C)CC1)NC1CCN(c2cccc(Cl)c2)C1. The summed E-state index contributed by atoms with van der Waals surface area (Å²) in [7, 11) is 4.04. The molecule has 0 bridgehead atoms. The molecule has 0 radical (unpaired) electrons. The van der Waals surface area contributed by atoms with Crippen LogP contribution in [0.4, 0.5) is 5.69 Å². The Hall–Kier alpha value is -1.50. The number of halogens is 1. The molecule has 0 amide bonds. The Labute approximate surface area is 168 Å². The molecule has 2 saturated heterocycles. The number of aliphatic imine (C=N–C) groups is 1. The smallest absolute Gasteiger partial charge is 0.191 e. The Balaban J connectivity index is 1.44. The Morgan fingerprint density at radius 3 is 2.74 bits per heavy atom. The summed E-state index contributed by atoms with van der Waals surface area (Å²) in [5, 5.41) is 7.89. The van der Waals surface area contributed by atoms with Gasteiger partial charge in [-0.05, 0) is 38.6 Å². The van der Waals surface area contributed by atoms with E-state index in [1.807, 2.05) is 25.2 Å². The number of nitrogens with one attached hydrogen (secondary N) is 2. The van der Waals surface area contributed by atoms with Gasteiger partial charge in [-0.2, -0.15) is 0 Å². The van der Waals surface area contributed by atoms with Crippen LogP contribution >= 0.6 is 11.6 Å². The van der Waals surface area contributed by atoms with E-state index in [9.17, 15) is 0 Å². The topological polar surface area (TPSA) is 46.1 Å². The number of hydrogen-bond donors (Lipinski definition) is 2. The van der Waals surface area contributed by atoms with Crippen LogP contribution in [-0.4, -0.2) is 87.8 Å². The predicted molar refractivity (Wildman–Crippen MR) is 115 cm³/mol. The maximum atomic E-state index is 6.13.